The molecule has 3 N–H and O–H groups in total. The Morgan fingerprint density at radius 3 is 2.74 bits per heavy atom. The summed E-state index contributed by atoms with van der Waals surface area (Å²) in [6, 6.07) is 19.8. The Kier molecular flexibility index (Phi) is 5.21. The number of piperidine rings is 1. The van der Waals surface area contributed by atoms with Crippen LogP contribution < -0.4 is 15.9 Å². The van der Waals surface area contributed by atoms with Gasteiger partial charge in [-0.25, -0.2) is 0 Å². The predicted molar refractivity (Wildman–Crippen MR) is 131 cm³/mol. The Morgan fingerprint density at radius 2 is 1.91 bits per heavy atom. The Balaban J connectivity index is 1.22. The topological polar surface area (TPSA) is 85.0 Å². The summed E-state index contributed by atoms with van der Waals surface area (Å²) in [7, 11) is -0.883. The van der Waals surface area contributed by atoms with Crippen LogP contribution in [0.25, 0.3) is 11.1 Å². The third-order valence-electron chi connectivity index (χ3n) is 7.65. The number of carbonyl (C=O) groups excluding carboxylic acids is 1. The van der Waals surface area contributed by atoms with Crippen LogP contribution in [-0.4, -0.2) is 42.6 Å². The van der Waals surface area contributed by atoms with Gasteiger partial charge in [0.25, 0.3) is 5.91 Å². The average molecular weight is 454 g/mol. The summed E-state index contributed by atoms with van der Waals surface area (Å²) in [6.45, 7) is 2.94. The molecule has 1 saturated heterocycles. The largest absolute Gasteiger partial charge is 0.492 e. The maximum absolute atomic E-state index is 13.4. The molecule has 6 nitrogen and oxygen atoms in total. The monoisotopic (exact) mass is 454 g/mol. The Bertz CT molecular complexity index is 1270. The fourth-order valence-corrected chi connectivity index (χ4v) is 5.61. The van der Waals surface area contributed by atoms with E-state index in [1.807, 2.05) is 59.5 Å². The zero-order valence-electron chi connectivity index (χ0n) is 19.0. The molecular formula is C27H27BN2O4. The average Bonchev–Trinajstić information content (AvgIpc) is 3.44. The lowest BCUT2D eigenvalue weighted by atomic mass is 9.74. The van der Waals surface area contributed by atoms with Gasteiger partial charge >= 0.3 is 7.12 Å². The second-order valence-corrected chi connectivity index (χ2v) is 9.51. The highest BCUT2D eigenvalue weighted by atomic mass is 16.5. The number of nitrogens with zero attached hydrogens (tertiary/aromatic N) is 1. The molecule has 3 aliphatic rings. The SMILES string of the molecule is NCc1ccc2c(c1)C1(CCN(C(=O)c3cccc(-c4cccc5c4COB5O)c3)CC1)CO2. The standard InChI is InChI=1S/C27H27BN2O4/c29-15-18-7-8-25-23(13-18)27(17-33-25)9-11-30(12-10-27)26(31)20-4-1-3-19(14-20)21-5-2-6-24-22(21)16-34-28(24)32/h1-8,13-14,32H,9-12,15-17,29H2. The Labute approximate surface area is 199 Å². The van der Waals surface area contributed by atoms with Crippen LogP contribution in [0.3, 0.4) is 0 Å². The van der Waals surface area contributed by atoms with Crippen molar-refractivity contribution in [1.82, 2.24) is 4.90 Å². The lowest BCUT2D eigenvalue weighted by Crippen LogP contribution is -2.46. The van der Waals surface area contributed by atoms with Crippen molar-refractivity contribution in [2.24, 2.45) is 5.73 Å². The number of carbonyl (C=O) groups is 1. The zero-order valence-corrected chi connectivity index (χ0v) is 19.0. The van der Waals surface area contributed by atoms with Crippen LogP contribution >= 0.6 is 0 Å². The van der Waals surface area contributed by atoms with Gasteiger partial charge in [0.1, 0.15) is 5.75 Å². The molecule has 3 aromatic carbocycles. The molecule has 0 aromatic heterocycles. The number of amides is 1. The van der Waals surface area contributed by atoms with E-state index in [1.54, 1.807) is 0 Å². The highest BCUT2D eigenvalue weighted by Crippen LogP contribution is 2.46. The van der Waals surface area contributed by atoms with Crippen LogP contribution in [0.5, 0.6) is 5.75 Å². The molecule has 1 fully saturated rings. The van der Waals surface area contributed by atoms with Crippen molar-refractivity contribution in [2.75, 3.05) is 19.7 Å². The number of rotatable bonds is 3. The van der Waals surface area contributed by atoms with Crippen molar-refractivity contribution in [1.29, 1.82) is 0 Å². The van der Waals surface area contributed by atoms with Crippen LogP contribution in [0.4, 0.5) is 0 Å². The summed E-state index contributed by atoms with van der Waals surface area (Å²) in [5, 5.41) is 10.0. The van der Waals surface area contributed by atoms with Crippen LogP contribution in [0.1, 0.15) is 39.9 Å². The Hall–Kier alpha value is -3.13. The van der Waals surface area contributed by atoms with Crippen LogP contribution in [0, 0.1) is 0 Å². The first-order valence-electron chi connectivity index (χ1n) is 11.9. The molecule has 3 heterocycles. The maximum atomic E-state index is 13.4. The molecule has 0 bridgehead atoms. The minimum absolute atomic E-state index is 0.0371. The van der Waals surface area contributed by atoms with E-state index in [2.05, 4.69) is 6.07 Å². The van der Waals surface area contributed by atoms with Crippen LogP contribution in [0.2, 0.25) is 0 Å². The summed E-state index contributed by atoms with van der Waals surface area (Å²) < 4.78 is 11.4. The van der Waals surface area contributed by atoms with E-state index in [1.165, 1.54) is 5.56 Å². The van der Waals surface area contributed by atoms with E-state index >= 15 is 0 Å². The highest BCUT2D eigenvalue weighted by molar-refractivity contribution is 6.61. The molecule has 7 heteroatoms. The van der Waals surface area contributed by atoms with Gasteiger partial charge < -0.3 is 25.0 Å². The molecule has 6 rings (SSSR count). The Morgan fingerprint density at radius 1 is 1.09 bits per heavy atom. The summed E-state index contributed by atoms with van der Waals surface area (Å²) in [5.41, 5.74) is 12.6. The highest BCUT2D eigenvalue weighted by Gasteiger charge is 2.44. The number of fused-ring (bicyclic) bond motifs is 3. The lowest BCUT2D eigenvalue weighted by Gasteiger charge is -2.38. The number of nitrogens with two attached hydrogens (primary N) is 1. The minimum atomic E-state index is -0.883. The van der Waals surface area contributed by atoms with Crippen molar-refractivity contribution < 1.29 is 19.2 Å². The van der Waals surface area contributed by atoms with Crippen molar-refractivity contribution >= 4 is 18.5 Å². The van der Waals surface area contributed by atoms with Crippen molar-refractivity contribution in [2.45, 2.75) is 31.4 Å². The van der Waals surface area contributed by atoms with Gasteiger partial charge in [0, 0.05) is 36.2 Å². The van der Waals surface area contributed by atoms with Gasteiger partial charge in [-0.1, -0.05) is 42.5 Å². The quantitative estimate of drug-likeness (QED) is 0.595. The summed E-state index contributed by atoms with van der Waals surface area (Å²) in [5.74, 6) is 1.00. The van der Waals surface area contributed by atoms with E-state index in [4.69, 9.17) is 15.1 Å². The lowest BCUT2D eigenvalue weighted by molar-refractivity contribution is 0.0646. The summed E-state index contributed by atoms with van der Waals surface area (Å²) in [6.07, 6.45) is 1.75. The fourth-order valence-electron chi connectivity index (χ4n) is 5.61. The molecule has 34 heavy (non-hydrogen) atoms. The van der Waals surface area contributed by atoms with Gasteiger partial charge in [-0.3, -0.25) is 4.79 Å². The van der Waals surface area contributed by atoms with E-state index in [9.17, 15) is 9.82 Å². The van der Waals surface area contributed by atoms with Crippen molar-refractivity contribution in [3.63, 3.8) is 0 Å². The molecule has 0 unspecified atom stereocenters. The van der Waals surface area contributed by atoms with Gasteiger partial charge in [-0.15, -0.1) is 0 Å². The van der Waals surface area contributed by atoms with E-state index in [-0.39, 0.29) is 11.3 Å². The summed E-state index contributed by atoms with van der Waals surface area (Å²) in [4.78, 5) is 15.4. The van der Waals surface area contributed by atoms with Crippen molar-refractivity contribution in [3.05, 3.63) is 82.9 Å². The minimum Gasteiger partial charge on any atom is -0.492 e. The van der Waals surface area contributed by atoms with Crippen LogP contribution in [-0.2, 0) is 23.2 Å². The molecule has 0 aliphatic carbocycles. The summed E-state index contributed by atoms with van der Waals surface area (Å²) >= 11 is 0. The smallest absolute Gasteiger partial charge is 0.491 e. The molecule has 0 atom stereocenters. The van der Waals surface area contributed by atoms with Gasteiger partial charge in [-0.05, 0) is 58.8 Å². The van der Waals surface area contributed by atoms with E-state index in [0.717, 1.165) is 46.3 Å². The third kappa shape index (κ3) is 3.43. The molecule has 1 spiro atoms. The zero-order chi connectivity index (χ0) is 23.3. The molecule has 1 amide bonds. The van der Waals surface area contributed by atoms with Gasteiger partial charge in [0.15, 0.2) is 0 Å². The van der Waals surface area contributed by atoms with E-state index in [0.29, 0.717) is 38.4 Å². The molecule has 172 valence electrons. The first-order valence-corrected chi connectivity index (χ1v) is 11.9. The predicted octanol–water partition coefficient (Wildman–Crippen LogP) is 2.60. The van der Waals surface area contributed by atoms with Crippen LogP contribution in [0.15, 0.2) is 60.7 Å². The third-order valence-corrected chi connectivity index (χ3v) is 7.65. The number of hydrogen-bond acceptors (Lipinski definition) is 5. The number of likely N-dealkylation sites (tertiary alicyclic amines) is 1. The van der Waals surface area contributed by atoms with Gasteiger partial charge in [0.2, 0.25) is 0 Å². The van der Waals surface area contributed by atoms with Crippen molar-refractivity contribution in [3.8, 4) is 16.9 Å². The first kappa shape index (κ1) is 21.4. The molecule has 3 aliphatic heterocycles. The number of benzene rings is 3. The second kappa shape index (κ2) is 8.27. The first-order chi connectivity index (χ1) is 16.6. The number of ether oxygens (including phenoxy) is 1. The van der Waals surface area contributed by atoms with Gasteiger partial charge in [0.05, 0.1) is 13.2 Å². The second-order valence-electron chi connectivity index (χ2n) is 9.51. The number of hydrogen-bond donors (Lipinski definition) is 2. The molecule has 0 radical (unpaired) electrons. The van der Waals surface area contributed by atoms with Gasteiger partial charge in [-0.2, -0.15) is 0 Å². The maximum Gasteiger partial charge on any atom is 0.491 e. The fraction of sp³-hybridized carbons (Fsp3) is 0.296. The van der Waals surface area contributed by atoms with E-state index < -0.39 is 7.12 Å². The molecule has 0 saturated carbocycles. The normalized spacial score (nSPS) is 18.1. The molecular weight excluding hydrogens is 427 g/mol. The molecule has 3 aromatic rings.